The first-order chi connectivity index (χ1) is 13.2. The first-order valence-electron chi connectivity index (χ1n) is 8.56. The van der Waals surface area contributed by atoms with E-state index in [4.69, 9.17) is 5.41 Å². The van der Waals surface area contributed by atoms with Crippen LogP contribution in [0.4, 0.5) is 24.5 Å². The Morgan fingerprint density at radius 2 is 1.86 bits per heavy atom. The van der Waals surface area contributed by atoms with Crippen LogP contribution in [0, 0.1) is 18.3 Å². The van der Waals surface area contributed by atoms with Crippen molar-refractivity contribution >= 4 is 34.5 Å². The molecule has 1 aromatic carbocycles. The molecular weight excluding hydrogens is 391 g/mol. The quantitative estimate of drug-likeness (QED) is 0.574. The van der Waals surface area contributed by atoms with Crippen LogP contribution in [0.1, 0.15) is 34.6 Å². The average molecular weight is 409 g/mol. The van der Waals surface area contributed by atoms with E-state index in [2.05, 4.69) is 20.2 Å². The number of amides is 1. The normalized spacial score (nSPS) is 14.6. The highest BCUT2D eigenvalue weighted by Crippen LogP contribution is 2.37. The Labute approximate surface area is 163 Å². The summed E-state index contributed by atoms with van der Waals surface area (Å²) in [7, 11) is 0. The van der Waals surface area contributed by atoms with Crippen LogP contribution in [-0.4, -0.2) is 27.4 Å². The molecule has 1 heterocycles. The molecule has 148 valence electrons. The van der Waals surface area contributed by atoms with Gasteiger partial charge in [0.05, 0.1) is 5.69 Å². The van der Waals surface area contributed by atoms with E-state index in [1.807, 2.05) is 0 Å². The van der Waals surface area contributed by atoms with Crippen molar-refractivity contribution in [2.75, 3.05) is 10.6 Å². The van der Waals surface area contributed by atoms with Crippen LogP contribution in [0.25, 0.3) is 0 Å². The number of hydrogen-bond donors (Lipinski definition) is 3. The molecule has 3 rings (SSSR count). The summed E-state index contributed by atoms with van der Waals surface area (Å²) in [6.45, 7) is 1.70. The molecule has 0 aliphatic heterocycles. The maximum absolute atomic E-state index is 12.5. The molecule has 1 fully saturated rings. The van der Waals surface area contributed by atoms with E-state index >= 15 is 0 Å². The number of aromatic nitrogens is 2. The van der Waals surface area contributed by atoms with Gasteiger partial charge in [-0.25, -0.2) is 0 Å². The van der Waals surface area contributed by atoms with Gasteiger partial charge >= 0.3 is 6.18 Å². The number of rotatable bonds is 7. The third-order valence-corrected chi connectivity index (χ3v) is 5.00. The number of aryl methyl sites for hydroxylation is 1. The zero-order chi connectivity index (χ0) is 20.3. The summed E-state index contributed by atoms with van der Waals surface area (Å²) in [5.74, 6) is -0.0975. The highest BCUT2D eigenvalue weighted by atomic mass is 32.1. The van der Waals surface area contributed by atoms with Gasteiger partial charge in [0.1, 0.15) is 10.6 Å². The molecule has 0 atom stereocenters. The van der Waals surface area contributed by atoms with Gasteiger partial charge in [-0.2, -0.15) is 13.2 Å². The predicted molar refractivity (Wildman–Crippen MR) is 102 cm³/mol. The van der Waals surface area contributed by atoms with E-state index in [1.54, 1.807) is 31.2 Å². The van der Waals surface area contributed by atoms with Crippen LogP contribution in [-0.2, 0) is 0 Å². The van der Waals surface area contributed by atoms with Crippen LogP contribution >= 0.6 is 11.5 Å². The number of carbonyl (C=O) groups is 1. The summed E-state index contributed by atoms with van der Waals surface area (Å²) < 4.78 is 41.2. The molecule has 0 spiro atoms. The molecule has 10 heteroatoms. The largest absolute Gasteiger partial charge is 0.429 e. The molecule has 28 heavy (non-hydrogen) atoms. The Bertz CT molecular complexity index is 901. The fourth-order valence-electron chi connectivity index (χ4n) is 2.47. The van der Waals surface area contributed by atoms with Crippen molar-refractivity contribution in [1.82, 2.24) is 9.59 Å². The molecule has 6 nitrogen and oxygen atoms in total. The van der Waals surface area contributed by atoms with Crippen molar-refractivity contribution in [1.29, 1.82) is 5.41 Å². The summed E-state index contributed by atoms with van der Waals surface area (Å²) >= 11 is 1.02. The van der Waals surface area contributed by atoms with E-state index in [-0.39, 0.29) is 11.8 Å². The summed E-state index contributed by atoms with van der Waals surface area (Å²) in [5, 5.41) is 16.8. The molecule has 1 aromatic heterocycles. The van der Waals surface area contributed by atoms with Crippen LogP contribution in [0.15, 0.2) is 36.0 Å². The molecule has 0 saturated heterocycles. The lowest BCUT2D eigenvalue weighted by molar-refractivity contribution is -0.0607. The lowest BCUT2D eigenvalue weighted by Gasteiger charge is -2.12. The number of allylic oxidation sites excluding steroid dienone is 2. The molecule has 2 aromatic rings. The number of alkyl halides is 3. The third kappa shape index (κ3) is 5.16. The number of nitrogens with zero attached hydrogens (tertiary/aromatic N) is 2. The smallest absolute Gasteiger partial charge is 0.359 e. The SMILES string of the molecule is Cc1nnsc1C(=O)Nc1ccc(N/C(=C\CC(=N)C(F)(F)F)C2CC2)cc1. The minimum atomic E-state index is -4.60. The molecule has 0 unspecified atom stereocenters. The Morgan fingerprint density at radius 3 is 2.36 bits per heavy atom. The zero-order valence-electron chi connectivity index (χ0n) is 14.9. The first kappa shape index (κ1) is 20.0. The van der Waals surface area contributed by atoms with Gasteiger partial charge < -0.3 is 16.0 Å². The van der Waals surface area contributed by atoms with Gasteiger partial charge in [0.25, 0.3) is 5.91 Å². The van der Waals surface area contributed by atoms with E-state index in [1.165, 1.54) is 6.08 Å². The van der Waals surface area contributed by atoms with Crippen molar-refractivity contribution in [3.8, 4) is 0 Å². The fraction of sp³-hybridized carbons (Fsp3) is 0.333. The minimum Gasteiger partial charge on any atom is -0.359 e. The van der Waals surface area contributed by atoms with E-state index in [0.717, 1.165) is 24.4 Å². The summed E-state index contributed by atoms with van der Waals surface area (Å²) in [6.07, 6.45) is -1.80. The number of carbonyl (C=O) groups excluding carboxylic acids is 1. The summed E-state index contributed by atoms with van der Waals surface area (Å²) in [4.78, 5) is 12.6. The topological polar surface area (TPSA) is 90.8 Å². The summed E-state index contributed by atoms with van der Waals surface area (Å²) in [5.41, 5.74) is 1.27. The second-order valence-electron chi connectivity index (χ2n) is 6.46. The van der Waals surface area contributed by atoms with Crippen molar-refractivity contribution in [2.45, 2.75) is 32.4 Å². The number of anilines is 2. The second kappa shape index (κ2) is 8.09. The lowest BCUT2D eigenvalue weighted by atomic mass is 10.1. The van der Waals surface area contributed by atoms with E-state index in [9.17, 15) is 18.0 Å². The van der Waals surface area contributed by atoms with Crippen molar-refractivity contribution < 1.29 is 18.0 Å². The van der Waals surface area contributed by atoms with Gasteiger partial charge in [-0.05, 0) is 61.5 Å². The lowest BCUT2D eigenvalue weighted by Crippen LogP contribution is -2.21. The highest BCUT2D eigenvalue weighted by molar-refractivity contribution is 7.08. The maximum atomic E-state index is 12.5. The third-order valence-electron chi connectivity index (χ3n) is 4.17. The standard InChI is InChI=1S/C18H18F3N5OS/c1-10-16(28-26-25-10)17(27)24-13-6-4-12(5-7-13)23-14(11-2-3-11)8-9-15(22)18(19,20)21/h4-8,11,22-23H,2-3,9H2,1H3,(H,24,27)/b14-8-,22-15?. The first-order valence-corrected chi connectivity index (χ1v) is 9.33. The number of hydrogen-bond acceptors (Lipinski definition) is 6. The van der Waals surface area contributed by atoms with Crippen LogP contribution in [0.3, 0.4) is 0 Å². The van der Waals surface area contributed by atoms with Gasteiger partial charge in [0.2, 0.25) is 0 Å². The van der Waals surface area contributed by atoms with Crippen molar-refractivity contribution in [3.63, 3.8) is 0 Å². The Kier molecular flexibility index (Phi) is 5.78. The molecule has 3 N–H and O–H groups in total. The molecule has 1 aliphatic rings. The zero-order valence-corrected chi connectivity index (χ0v) is 15.7. The molecule has 0 bridgehead atoms. The fourth-order valence-corrected chi connectivity index (χ4v) is 3.02. The summed E-state index contributed by atoms with van der Waals surface area (Å²) in [6, 6.07) is 6.87. The van der Waals surface area contributed by atoms with Gasteiger partial charge in [-0.3, -0.25) is 4.79 Å². The van der Waals surface area contributed by atoms with Crippen molar-refractivity contribution in [3.05, 3.63) is 46.6 Å². The number of halogens is 3. The Balaban J connectivity index is 1.63. The van der Waals surface area contributed by atoms with E-state index < -0.39 is 18.3 Å². The second-order valence-corrected chi connectivity index (χ2v) is 7.21. The van der Waals surface area contributed by atoms with Gasteiger partial charge in [-0.1, -0.05) is 10.6 Å². The molecular formula is C18H18F3N5OS. The molecule has 1 aliphatic carbocycles. The highest BCUT2D eigenvalue weighted by Gasteiger charge is 2.34. The van der Waals surface area contributed by atoms with Crippen LogP contribution in [0.5, 0.6) is 0 Å². The molecule has 0 radical (unpaired) electrons. The van der Waals surface area contributed by atoms with E-state index in [0.29, 0.717) is 27.6 Å². The monoisotopic (exact) mass is 409 g/mol. The predicted octanol–water partition coefficient (Wildman–Crippen LogP) is 4.78. The Hall–Kier alpha value is -2.75. The average Bonchev–Trinajstić information content (AvgIpc) is 3.39. The number of benzene rings is 1. The number of nitrogens with one attached hydrogen (secondary N) is 3. The molecule has 1 saturated carbocycles. The van der Waals surface area contributed by atoms with Crippen LogP contribution in [0.2, 0.25) is 0 Å². The maximum Gasteiger partial charge on any atom is 0.429 e. The Morgan fingerprint density at radius 1 is 1.25 bits per heavy atom. The molecule has 1 amide bonds. The van der Waals surface area contributed by atoms with Gasteiger partial charge in [-0.15, -0.1) is 5.10 Å². The van der Waals surface area contributed by atoms with Crippen LogP contribution < -0.4 is 10.6 Å². The van der Waals surface area contributed by atoms with Crippen molar-refractivity contribution in [2.24, 2.45) is 5.92 Å². The minimum absolute atomic E-state index is 0.196. The van der Waals surface area contributed by atoms with Gasteiger partial charge in [0, 0.05) is 23.5 Å². The van der Waals surface area contributed by atoms with Gasteiger partial charge in [0.15, 0.2) is 0 Å².